The quantitative estimate of drug-likeness (QED) is 0.109. The fourth-order valence-corrected chi connectivity index (χ4v) is 10.0. The molecule has 380 valence electrons. The van der Waals surface area contributed by atoms with E-state index in [1.165, 1.54) is 41.5 Å². The van der Waals surface area contributed by atoms with Gasteiger partial charge in [0.1, 0.15) is 33.8 Å². The van der Waals surface area contributed by atoms with E-state index >= 15 is 0 Å². The third-order valence-corrected chi connectivity index (χ3v) is 13.1. The van der Waals surface area contributed by atoms with Crippen molar-refractivity contribution in [2.75, 3.05) is 13.2 Å². The van der Waals surface area contributed by atoms with Crippen molar-refractivity contribution in [3.8, 4) is 33.8 Å². The second-order valence-corrected chi connectivity index (χ2v) is 21.2. The maximum atomic E-state index is 14.5. The molecule has 0 spiro atoms. The molecular weight excluding hydrogens is 1120 g/mol. The number of esters is 2. The highest BCUT2D eigenvalue weighted by atomic mass is 79.9. The van der Waals surface area contributed by atoms with Crippen molar-refractivity contribution >= 4 is 103 Å². The summed E-state index contributed by atoms with van der Waals surface area (Å²) in [4.78, 5) is 36.3. The van der Waals surface area contributed by atoms with Crippen LogP contribution < -0.4 is 0 Å². The van der Waals surface area contributed by atoms with Crippen molar-refractivity contribution in [1.29, 1.82) is 0 Å². The number of carboxylic acid groups (broad SMARTS) is 1. The molecule has 0 unspecified atom stereocenters. The van der Waals surface area contributed by atoms with Gasteiger partial charge < -0.3 is 28.1 Å². The first kappa shape index (κ1) is 56.0. The van der Waals surface area contributed by atoms with Crippen LogP contribution in [-0.2, 0) is 26.5 Å². The van der Waals surface area contributed by atoms with Gasteiger partial charge in [-0.15, -0.1) is 0 Å². The van der Waals surface area contributed by atoms with Crippen molar-refractivity contribution in [3.05, 3.63) is 116 Å². The summed E-state index contributed by atoms with van der Waals surface area (Å²) in [6, 6.07) is 10.3. The monoisotopic (exact) mass is 1170 g/mol. The number of ether oxygens (including phenoxy) is 2. The number of halogens is 10. The van der Waals surface area contributed by atoms with Crippen molar-refractivity contribution in [2.24, 2.45) is 0 Å². The van der Waals surface area contributed by atoms with E-state index in [1.54, 1.807) is 38.1 Å². The zero-order chi connectivity index (χ0) is 52.7. The Kier molecular flexibility index (Phi) is 17.4. The molecule has 8 rings (SSSR count). The van der Waals surface area contributed by atoms with Crippen LogP contribution in [0.2, 0.25) is 30.1 Å². The van der Waals surface area contributed by atoms with Crippen LogP contribution in [0.3, 0.4) is 0 Å². The molecular formula is C49H45BrCl6F3N3O9. The summed E-state index contributed by atoms with van der Waals surface area (Å²) < 4.78 is 68.9. The van der Waals surface area contributed by atoms with Crippen molar-refractivity contribution in [3.63, 3.8) is 0 Å². The third kappa shape index (κ3) is 12.7. The topological polar surface area (TPSA) is 168 Å². The predicted octanol–water partition coefficient (Wildman–Crippen LogP) is 17.1. The summed E-state index contributed by atoms with van der Waals surface area (Å²) in [5.41, 5.74) is -3.40. The Hall–Kier alpha value is -4.29. The van der Waals surface area contributed by atoms with Crippen molar-refractivity contribution in [2.45, 2.75) is 110 Å². The molecule has 12 nitrogen and oxygen atoms in total. The number of carbonyl (C=O) groups excluding carboxylic acids is 2. The maximum absolute atomic E-state index is 14.5. The number of aromatic carboxylic acids is 1. The fraction of sp³-hybridized carbons (Fsp3) is 0.388. The van der Waals surface area contributed by atoms with E-state index in [0.29, 0.717) is 31.9 Å². The Morgan fingerprint density at radius 3 is 1.08 bits per heavy atom. The number of carboxylic acids is 1. The largest absolute Gasteiger partial charge is 0.477 e. The van der Waals surface area contributed by atoms with E-state index in [4.69, 9.17) is 92.6 Å². The molecule has 0 radical (unpaired) electrons. The third-order valence-electron chi connectivity index (χ3n) is 10.8. The molecule has 3 heterocycles. The number of benzene rings is 3. The highest BCUT2D eigenvalue weighted by Crippen LogP contribution is 2.49. The van der Waals surface area contributed by atoms with Crippen LogP contribution in [0.1, 0.15) is 152 Å². The van der Waals surface area contributed by atoms with Crippen molar-refractivity contribution < 1.29 is 55.7 Å². The minimum absolute atomic E-state index is 0.0478. The number of carbonyl (C=O) groups is 3. The van der Waals surface area contributed by atoms with Gasteiger partial charge in [-0.05, 0) is 140 Å². The molecule has 0 saturated heterocycles. The molecule has 0 bridgehead atoms. The van der Waals surface area contributed by atoms with Crippen LogP contribution >= 0.6 is 85.5 Å². The molecule has 71 heavy (non-hydrogen) atoms. The number of hydrogen-bond acceptors (Lipinski definition) is 11. The number of hydrogen-bond donors (Lipinski definition) is 1. The van der Waals surface area contributed by atoms with Gasteiger partial charge in [-0.25, -0.2) is 27.6 Å². The van der Waals surface area contributed by atoms with Gasteiger partial charge in [-0.1, -0.05) is 101 Å². The standard InChI is InChI=1S/C18H18Cl2FNO3.C16H14Cl2FNO3.C15H13BrCl2FNO3/c1-4-24-17(23)14-15(22-25-16(14)18(2,3)21)13-11(19)7-10(8-12(13)20)9-5-6-9;1-16(2,19)14-12(15(21)22)13(20-23-14)11-9(17)5-8(6-10(11)18)7-3-4-7;1-4-22-14(21)11-12(20-23-13(11)15(2,3)19)10-8(17)5-7(16)6-9(10)18/h7-9H,4-6H2,1-3H3;5-7H,3-4H2,1-2H3,(H,21,22);5-6H,4H2,1-3H3. The number of aromatic nitrogens is 3. The van der Waals surface area contributed by atoms with E-state index in [2.05, 4.69) is 31.4 Å². The highest BCUT2D eigenvalue weighted by molar-refractivity contribution is 9.10. The normalized spacial score (nSPS) is 13.8. The Bertz CT molecular complexity index is 2930. The van der Waals surface area contributed by atoms with Crippen LogP contribution in [0, 0.1) is 0 Å². The Balaban J connectivity index is 0.000000175. The SMILES string of the molecule is CC(C)(F)c1onc(-c2c(Cl)cc(C3CC3)cc2Cl)c1C(=O)O.CCOC(=O)c1c(-c2c(Cl)cc(Br)cc2Cl)noc1C(C)(C)F.CCOC(=O)c1c(-c2c(Cl)cc(C3CC3)cc2Cl)noc1C(C)(C)F. The van der Waals surface area contributed by atoms with Crippen LogP contribution in [0.15, 0.2) is 54.4 Å². The smallest absolute Gasteiger partial charge is 0.344 e. The first-order valence-electron chi connectivity index (χ1n) is 21.9. The summed E-state index contributed by atoms with van der Waals surface area (Å²) in [5, 5.41) is 22.6. The van der Waals surface area contributed by atoms with Crippen LogP contribution in [0.4, 0.5) is 13.2 Å². The zero-order valence-corrected chi connectivity index (χ0v) is 45.3. The van der Waals surface area contributed by atoms with Gasteiger partial charge in [0.05, 0.1) is 43.3 Å². The van der Waals surface area contributed by atoms with E-state index in [1.807, 2.05) is 12.1 Å². The van der Waals surface area contributed by atoms with Gasteiger partial charge >= 0.3 is 17.9 Å². The van der Waals surface area contributed by atoms with Gasteiger partial charge in [0.2, 0.25) is 0 Å². The lowest BCUT2D eigenvalue weighted by Crippen LogP contribution is -2.16. The van der Waals surface area contributed by atoms with Crippen LogP contribution in [0.5, 0.6) is 0 Å². The van der Waals surface area contributed by atoms with E-state index in [0.717, 1.165) is 36.8 Å². The number of nitrogens with zero attached hydrogens (tertiary/aromatic N) is 3. The van der Waals surface area contributed by atoms with Gasteiger partial charge in [-0.3, -0.25) is 0 Å². The lowest BCUT2D eigenvalue weighted by molar-refractivity contribution is 0.0505. The molecule has 2 fully saturated rings. The molecule has 22 heteroatoms. The summed E-state index contributed by atoms with van der Waals surface area (Å²) in [7, 11) is 0. The lowest BCUT2D eigenvalue weighted by Gasteiger charge is -2.13. The number of rotatable bonds is 13. The number of alkyl halides is 3. The minimum atomic E-state index is -1.99. The van der Waals surface area contributed by atoms with Gasteiger partial charge in [-0.2, -0.15) is 0 Å². The first-order chi connectivity index (χ1) is 33.1. The van der Waals surface area contributed by atoms with E-state index in [-0.39, 0.29) is 95.5 Å². The molecule has 3 aromatic heterocycles. The second kappa shape index (κ2) is 22.0. The summed E-state index contributed by atoms with van der Waals surface area (Å²) >= 11 is 41.1. The Morgan fingerprint density at radius 1 is 0.563 bits per heavy atom. The van der Waals surface area contributed by atoms with E-state index < -0.39 is 34.9 Å². The summed E-state index contributed by atoms with van der Waals surface area (Å²) in [6.07, 6.45) is 4.36. The molecule has 2 aliphatic carbocycles. The molecule has 1 N–H and O–H groups in total. The highest BCUT2D eigenvalue weighted by Gasteiger charge is 2.40. The Labute approximate surface area is 444 Å². The van der Waals surface area contributed by atoms with E-state index in [9.17, 15) is 32.7 Å². The predicted molar refractivity (Wildman–Crippen MR) is 269 cm³/mol. The van der Waals surface area contributed by atoms with Crippen molar-refractivity contribution in [1.82, 2.24) is 15.5 Å². The molecule has 2 aliphatic rings. The summed E-state index contributed by atoms with van der Waals surface area (Å²) in [6.45, 7) is 11.0. The molecule has 2 saturated carbocycles. The average Bonchev–Trinajstić information content (AvgIpc) is 4.14. The molecule has 3 aromatic carbocycles. The van der Waals surface area contributed by atoms with Crippen LogP contribution in [-0.4, -0.2) is 51.7 Å². The zero-order valence-electron chi connectivity index (χ0n) is 39.2. The Morgan fingerprint density at radius 2 is 0.831 bits per heavy atom. The molecule has 0 aliphatic heterocycles. The van der Waals surface area contributed by atoms with Crippen LogP contribution in [0.25, 0.3) is 33.8 Å². The first-order valence-corrected chi connectivity index (χ1v) is 24.9. The molecule has 0 amide bonds. The molecule has 0 atom stereocenters. The van der Waals surface area contributed by atoms with Gasteiger partial charge in [0, 0.05) is 21.2 Å². The minimum Gasteiger partial charge on any atom is -0.477 e. The fourth-order valence-electron chi connectivity index (χ4n) is 7.29. The second-order valence-electron chi connectivity index (χ2n) is 17.9. The molecule has 6 aromatic rings. The van der Waals surface area contributed by atoms with Gasteiger partial charge in [0.15, 0.2) is 34.3 Å². The lowest BCUT2D eigenvalue weighted by atomic mass is 9.98. The average molecular weight is 1170 g/mol. The summed E-state index contributed by atoms with van der Waals surface area (Å²) in [5.74, 6) is -2.72. The van der Waals surface area contributed by atoms with Gasteiger partial charge in [0.25, 0.3) is 0 Å². The maximum Gasteiger partial charge on any atom is 0.344 e.